The largest absolute Gasteiger partial charge is 0.274 e. The third-order valence-electron chi connectivity index (χ3n) is 9.22. The van der Waals surface area contributed by atoms with Crippen molar-refractivity contribution in [2.75, 3.05) is 4.90 Å². The fraction of sp³-hybridized carbons (Fsp3) is 0.235. The number of carbonyl (C=O) groups is 2. The van der Waals surface area contributed by atoms with Gasteiger partial charge in [-0.2, -0.15) is 4.31 Å². The molecular weight excluding hydrogens is 532 g/mol. The molecule has 3 aliphatic heterocycles. The second-order valence-corrected chi connectivity index (χ2v) is 13.5. The van der Waals surface area contributed by atoms with Crippen LogP contribution in [0.15, 0.2) is 102 Å². The number of amides is 2. The van der Waals surface area contributed by atoms with Gasteiger partial charge < -0.3 is 0 Å². The van der Waals surface area contributed by atoms with Gasteiger partial charge in [0.2, 0.25) is 21.8 Å². The number of anilines is 1. The molecule has 2 amide bonds. The maximum absolute atomic E-state index is 14.9. The minimum atomic E-state index is -4.21. The summed E-state index contributed by atoms with van der Waals surface area (Å²) in [7, 11) is -4.21. The predicted molar refractivity (Wildman–Crippen MR) is 157 cm³/mol. The smallest absolute Gasteiger partial charge is 0.245 e. The van der Waals surface area contributed by atoms with Crippen LogP contribution in [0.1, 0.15) is 40.3 Å². The molecule has 4 aromatic rings. The van der Waals surface area contributed by atoms with Crippen LogP contribution < -0.4 is 4.90 Å². The number of para-hydroxylation sites is 1. The minimum Gasteiger partial charge on any atom is -0.274 e. The number of hydrogen-bond acceptors (Lipinski definition) is 4. The molecule has 3 aliphatic rings. The van der Waals surface area contributed by atoms with E-state index in [0.29, 0.717) is 11.3 Å². The van der Waals surface area contributed by atoms with Crippen LogP contribution in [0, 0.1) is 32.6 Å². The van der Waals surface area contributed by atoms with Crippen LogP contribution in [0.25, 0.3) is 0 Å². The van der Waals surface area contributed by atoms with Gasteiger partial charge in [0, 0.05) is 0 Å². The first kappa shape index (κ1) is 25.9. The van der Waals surface area contributed by atoms with Gasteiger partial charge in [-0.3, -0.25) is 9.59 Å². The first-order chi connectivity index (χ1) is 19.5. The van der Waals surface area contributed by atoms with Gasteiger partial charge in [0.15, 0.2) is 0 Å². The van der Waals surface area contributed by atoms with E-state index >= 15 is 0 Å². The van der Waals surface area contributed by atoms with E-state index in [1.54, 1.807) is 48.5 Å². The van der Waals surface area contributed by atoms with Crippen molar-refractivity contribution in [2.24, 2.45) is 11.8 Å². The molecule has 4 atom stereocenters. The van der Waals surface area contributed by atoms with Crippen LogP contribution in [0.4, 0.5) is 5.69 Å². The molecular formula is C34H30N2O4S. The second kappa shape index (κ2) is 8.47. The summed E-state index contributed by atoms with van der Waals surface area (Å²) in [6.45, 7) is 7.67. The van der Waals surface area contributed by atoms with Crippen molar-refractivity contribution in [3.05, 3.63) is 130 Å². The molecule has 2 saturated heterocycles. The van der Waals surface area contributed by atoms with E-state index < -0.39 is 32.9 Å². The molecule has 0 radical (unpaired) electrons. The number of benzene rings is 4. The van der Waals surface area contributed by atoms with Gasteiger partial charge >= 0.3 is 0 Å². The average Bonchev–Trinajstić information content (AvgIpc) is 3.47. The molecule has 4 aromatic carbocycles. The maximum Gasteiger partial charge on any atom is 0.245 e. The zero-order valence-corrected chi connectivity index (χ0v) is 24.1. The van der Waals surface area contributed by atoms with Gasteiger partial charge in [-0.15, -0.1) is 0 Å². The highest BCUT2D eigenvalue weighted by atomic mass is 32.2. The third-order valence-corrected chi connectivity index (χ3v) is 11.2. The van der Waals surface area contributed by atoms with Crippen LogP contribution in [0.3, 0.4) is 0 Å². The first-order valence-electron chi connectivity index (χ1n) is 13.8. The number of nitrogens with zero attached hydrogens (tertiary/aromatic N) is 2. The number of carbonyl (C=O) groups excluding carboxylic acids is 2. The molecule has 2 bridgehead atoms. The van der Waals surface area contributed by atoms with Gasteiger partial charge in [-0.25, -0.2) is 13.3 Å². The van der Waals surface area contributed by atoms with Gasteiger partial charge in [-0.1, -0.05) is 89.5 Å². The monoisotopic (exact) mass is 562 g/mol. The average molecular weight is 563 g/mol. The number of sulfonamides is 1. The molecule has 0 spiro atoms. The van der Waals surface area contributed by atoms with E-state index in [2.05, 4.69) is 0 Å². The normalized spacial score (nSPS) is 26.9. The number of hydrogen-bond donors (Lipinski definition) is 0. The van der Waals surface area contributed by atoms with Crippen LogP contribution >= 0.6 is 0 Å². The highest BCUT2D eigenvalue weighted by Gasteiger charge is 2.81. The lowest BCUT2D eigenvalue weighted by molar-refractivity contribution is -0.124. The standard InChI is InChI=1S/C34H30N2O4S/c1-21-14-16-26(17-15-21)41(39,40)36-33(4)27-12-8-9-13-28(27)34(36,24-19-22(2)18-23(3)20-24)30-29(33)31(37)35(32(30)38)25-10-6-5-7-11-25/h5-20,29-30H,1-4H3. The topological polar surface area (TPSA) is 74.8 Å². The lowest BCUT2D eigenvalue weighted by Gasteiger charge is -2.40. The zero-order chi connectivity index (χ0) is 28.9. The Balaban J connectivity index is 1.60. The summed E-state index contributed by atoms with van der Waals surface area (Å²) in [5.41, 5.74) is 2.81. The summed E-state index contributed by atoms with van der Waals surface area (Å²) >= 11 is 0. The van der Waals surface area contributed by atoms with Crippen molar-refractivity contribution < 1.29 is 18.0 Å². The Bertz CT molecular complexity index is 1850. The summed E-state index contributed by atoms with van der Waals surface area (Å²) in [5.74, 6) is -2.62. The lowest BCUT2D eigenvalue weighted by atomic mass is 9.63. The van der Waals surface area contributed by atoms with E-state index in [0.717, 1.165) is 27.8 Å². The molecule has 4 unspecified atom stereocenters. The molecule has 7 heteroatoms. The SMILES string of the molecule is Cc1ccc(S(=O)(=O)N2C3(C)c4ccccc4C2(c2cc(C)cc(C)c2)C2C(=O)N(c4ccccc4)C(=O)C23)cc1. The Morgan fingerprint density at radius 1 is 0.659 bits per heavy atom. The van der Waals surface area contributed by atoms with Crippen molar-refractivity contribution >= 4 is 27.5 Å². The maximum atomic E-state index is 14.9. The van der Waals surface area contributed by atoms with Crippen molar-refractivity contribution in [1.29, 1.82) is 0 Å². The van der Waals surface area contributed by atoms with E-state index in [9.17, 15) is 18.0 Å². The molecule has 0 aromatic heterocycles. The molecule has 6 nitrogen and oxygen atoms in total. The lowest BCUT2D eigenvalue weighted by Crippen LogP contribution is -2.53. The van der Waals surface area contributed by atoms with E-state index in [-0.39, 0.29) is 16.7 Å². The van der Waals surface area contributed by atoms with E-state index in [1.807, 2.05) is 76.2 Å². The van der Waals surface area contributed by atoms with E-state index in [4.69, 9.17) is 0 Å². The summed E-state index contributed by atoms with van der Waals surface area (Å²) < 4.78 is 31.3. The fourth-order valence-electron chi connectivity index (χ4n) is 7.82. The Labute approximate surface area is 240 Å². The molecule has 206 valence electrons. The molecule has 0 aliphatic carbocycles. The molecule has 41 heavy (non-hydrogen) atoms. The Kier molecular flexibility index (Phi) is 5.35. The van der Waals surface area contributed by atoms with Crippen molar-refractivity contribution in [2.45, 2.75) is 43.7 Å². The third kappa shape index (κ3) is 3.13. The number of fused-ring (bicyclic) bond motifs is 8. The molecule has 2 fully saturated rings. The summed E-state index contributed by atoms with van der Waals surface area (Å²) in [6, 6.07) is 29.3. The molecule has 3 heterocycles. The minimum absolute atomic E-state index is 0.135. The van der Waals surface area contributed by atoms with Crippen molar-refractivity contribution in [3.8, 4) is 0 Å². The van der Waals surface area contributed by atoms with Crippen LogP contribution in [0.5, 0.6) is 0 Å². The Morgan fingerprint density at radius 2 is 1.22 bits per heavy atom. The van der Waals surface area contributed by atoms with Gasteiger partial charge in [0.1, 0.15) is 0 Å². The fourth-order valence-corrected chi connectivity index (χ4v) is 9.92. The molecule has 7 rings (SSSR count). The first-order valence-corrected chi connectivity index (χ1v) is 15.2. The van der Waals surface area contributed by atoms with Crippen molar-refractivity contribution in [1.82, 2.24) is 4.31 Å². The quantitative estimate of drug-likeness (QED) is 0.304. The van der Waals surface area contributed by atoms with Crippen LogP contribution in [0.2, 0.25) is 0 Å². The molecule has 0 saturated carbocycles. The summed E-state index contributed by atoms with van der Waals surface area (Å²) in [5, 5.41) is 0. The number of aryl methyl sites for hydroxylation is 3. The van der Waals surface area contributed by atoms with Crippen LogP contribution in [-0.4, -0.2) is 24.5 Å². The zero-order valence-electron chi connectivity index (χ0n) is 23.3. The highest BCUT2D eigenvalue weighted by Crippen LogP contribution is 2.71. The number of imide groups is 1. The predicted octanol–water partition coefficient (Wildman–Crippen LogP) is 5.59. The van der Waals surface area contributed by atoms with E-state index in [1.165, 1.54) is 9.21 Å². The summed E-state index contributed by atoms with van der Waals surface area (Å²) in [4.78, 5) is 30.5. The van der Waals surface area contributed by atoms with Crippen molar-refractivity contribution in [3.63, 3.8) is 0 Å². The van der Waals surface area contributed by atoms with Crippen LogP contribution in [-0.2, 0) is 30.7 Å². The van der Waals surface area contributed by atoms with Gasteiger partial charge in [-0.05, 0) is 68.7 Å². The Morgan fingerprint density at radius 3 is 1.85 bits per heavy atom. The Hall–Kier alpha value is -4.07. The van der Waals surface area contributed by atoms with Gasteiger partial charge in [0.05, 0.1) is 33.5 Å². The molecule has 0 N–H and O–H groups in total. The summed E-state index contributed by atoms with van der Waals surface area (Å²) in [6.07, 6.45) is 0. The van der Waals surface area contributed by atoms with Gasteiger partial charge in [0.25, 0.3) is 0 Å². The highest BCUT2D eigenvalue weighted by molar-refractivity contribution is 7.89. The second-order valence-electron chi connectivity index (χ2n) is 11.7. The number of rotatable bonds is 4.